The molecule has 1 aliphatic rings. The van der Waals surface area contributed by atoms with Crippen molar-refractivity contribution in [3.63, 3.8) is 0 Å². The Bertz CT molecular complexity index is 406. The van der Waals surface area contributed by atoms with Crippen molar-refractivity contribution >= 4 is 11.8 Å². The van der Waals surface area contributed by atoms with Crippen molar-refractivity contribution in [1.82, 2.24) is 5.32 Å². The molecule has 5 heteroatoms. The van der Waals surface area contributed by atoms with E-state index in [2.05, 4.69) is 17.4 Å². The van der Waals surface area contributed by atoms with Crippen LogP contribution in [0.3, 0.4) is 0 Å². The molecule has 1 aromatic carbocycles. The molecule has 1 atom stereocenters. The van der Waals surface area contributed by atoms with E-state index in [0.29, 0.717) is 19.0 Å². The summed E-state index contributed by atoms with van der Waals surface area (Å²) in [6.45, 7) is 0.653. The van der Waals surface area contributed by atoms with Crippen LogP contribution >= 0.6 is 11.8 Å². The molecule has 1 nitrogen and oxygen atoms in total. The van der Waals surface area contributed by atoms with Crippen molar-refractivity contribution in [3.8, 4) is 0 Å². The van der Waals surface area contributed by atoms with Gasteiger partial charge in [-0.3, -0.25) is 0 Å². The Labute approximate surface area is 116 Å². The van der Waals surface area contributed by atoms with Crippen LogP contribution in [0.15, 0.2) is 29.2 Å². The van der Waals surface area contributed by atoms with Crippen LogP contribution < -0.4 is 5.32 Å². The van der Waals surface area contributed by atoms with E-state index in [1.807, 2.05) is 23.9 Å². The fourth-order valence-corrected chi connectivity index (χ4v) is 3.41. The lowest BCUT2D eigenvalue weighted by Gasteiger charge is -2.26. The summed E-state index contributed by atoms with van der Waals surface area (Å²) in [5.74, 6) is 1.07. The van der Waals surface area contributed by atoms with Gasteiger partial charge in [0.15, 0.2) is 0 Å². The molecule has 1 N–H and O–H groups in total. The highest BCUT2D eigenvalue weighted by atomic mass is 32.2. The number of hydrogen-bond acceptors (Lipinski definition) is 2. The third-order valence-electron chi connectivity index (χ3n) is 3.24. The molecule has 1 aliphatic heterocycles. The largest absolute Gasteiger partial charge is 0.389 e. The molecule has 2 rings (SSSR count). The zero-order chi connectivity index (χ0) is 13.7. The van der Waals surface area contributed by atoms with Crippen LogP contribution in [0.4, 0.5) is 13.2 Å². The molecule has 19 heavy (non-hydrogen) atoms. The molecule has 0 aromatic heterocycles. The van der Waals surface area contributed by atoms with E-state index in [1.54, 1.807) is 0 Å². The lowest BCUT2D eigenvalue weighted by Crippen LogP contribution is -2.25. The Morgan fingerprint density at radius 1 is 1.21 bits per heavy atom. The Hall–Kier alpha value is -0.680. The van der Waals surface area contributed by atoms with E-state index in [1.165, 1.54) is 10.5 Å². The number of nitrogens with one attached hydrogen (secondary N) is 1. The SMILES string of the molecule is FC(F)(F)CCCCNC1CCSc2ccccc21. The Morgan fingerprint density at radius 2 is 2.00 bits per heavy atom. The minimum Gasteiger partial charge on any atom is -0.310 e. The molecule has 0 radical (unpaired) electrons. The summed E-state index contributed by atoms with van der Waals surface area (Å²) in [5, 5.41) is 3.38. The number of unbranched alkanes of at least 4 members (excludes halogenated alkanes) is 1. The number of alkyl halides is 3. The Balaban J connectivity index is 1.75. The Morgan fingerprint density at radius 3 is 2.79 bits per heavy atom. The molecule has 0 fully saturated rings. The van der Waals surface area contributed by atoms with Gasteiger partial charge in [0.1, 0.15) is 0 Å². The van der Waals surface area contributed by atoms with E-state index in [4.69, 9.17) is 0 Å². The monoisotopic (exact) mass is 289 g/mol. The van der Waals surface area contributed by atoms with Gasteiger partial charge >= 0.3 is 6.18 Å². The third kappa shape index (κ3) is 4.73. The van der Waals surface area contributed by atoms with E-state index < -0.39 is 12.6 Å². The fraction of sp³-hybridized carbons (Fsp3) is 0.571. The van der Waals surface area contributed by atoms with Crippen LogP contribution in [0.5, 0.6) is 0 Å². The van der Waals surface area contributed by atoms with Crippen molar-refractivity contribution in [1.29, 1.82) is 0 Å². The van der Waals surface area contributed by atoms with Crippen molar-refractivity contribution < 1.29 is 13.2 Å². The minimum atomic E-state index is -4.02. The lowest BCUT2D eigenvalue weighted by molar-refractivity contribution is -0.135. The molecule has 1 unspecified atom stereocenters. The number of halogens is 3. The van der Waals surface area contributed by atoms with Crippen LogP contribution in [-0.4, -0.2) is 18.5 Å². The van der Waals surface area contributed by atoms with Crippen molar-refractivity contribution in [2.24, 2.45) is 0 Å². The average Bonchev–Trinajstić information content (AvgIpc) is 2.37. The van der Waals surface area contributed by atoms with Crippen molar-refractivity contribution in [3.05, 3.63) is 29.8 Å². The van der Waals surface area contributed by atoms with Crippen LogP contribution in [0, 0.1) is 0 Å². The smallest absolute Gasteiger partial charge is 0.310 e. The van der Waals surface area contributed by atoms with Gasteiger partial charge in [-0.2, -0.15) is 13.2 Å². The summed E-state index contributed by atoms with van der Waals surface area (Å²) >= 11 is 1.85. The van der Waals surface area contributed by atoms with Crippen molar-refractivity contribution in [2.45, 2.75) is 42.8 Å². The van der Waals surface area contributed by atoms with Gasteiger partial charge in [0.25, 0.3) is 0 Å². The quantitative estimate of drug-likeness (QED) is 0.798. The summed E-state index contributed by atoms with van der Waals surface area (Å²) < 4.78 is 36.0. The second kappa shape index (κ2) is 6.66. The second-order valence-corrected chi connectivity index (χ2v) is 5.89. The van der Waals surface area contributed by atoms with Crippen LogP contribution in [-0.2, 0) is 0 Å². The normalized spacial score (nSPS) is 19.2. The molecule has 106 valence electrons. The van der Waals surface area contributed by atoms with E-state index in [0.717, 1.165) is 12.2 Å². The first-order chi connectivity index (χ1) is 9.06. The summed E-state index contributed by atoms with van der Waals surface area (Å²) in [7, 11) is 0. The second-order valence-electron chi connectivity index (χ2n) is 4.75. The maximum atomic E-state index is 12.0. The summed E-state index contributed by atoms with van der Waals surface area (Å²) in [4.78, 5) is 1.29. The van der Waals surface area contributed by atoms with Gasteiger partial charge in [0.2, 0.25) is 0 Å². The molecule has 0 amide bonds. The maximum Gasteiger partial charge on any atom is 0.389 e. The highest BCUT2D eigenvalue weighted by molar-refractivity contribution is 7.99. The Kier molecular flexibility index (Phi) is 5.16. The molecule has 0 aliphatic carbocycles. The first-order valence-corrected chi connectivity index (χ1v) is 7.57. The molecule has 0 saturated heterocycles. The zero-order valence-electron chi connectivity index (χ0n) is 10.7. The predicted octanol–water partition coefficient (Wildman–Crippen LogP) is 4.55. The molecule has 0 saturated carbocycles. The maximum absolute atomic E-state index is 12.0. The molecule has 0 bridgehead atoms. The van der Waals surface area contributed by atoms with Gasteiger partial charge in [-0.15, -0.1) is 11.8 Å². The fourth-order valence-electron chi connectivity index (χ4n) is 2.28. The van der Waals surface area contributed by atoms with Gasteiger partial charge in [0, 0.05) is 17.4 Å². The first kappa shape index (κ1) is 14.7. The minimum absolute atomic E-state index is 0.208. The predicted molar refractivity (Wildman–Crippen MR) is 72.4 cm³/mol. The summed E-state index contributed by atoms with van der Waals surface area (Å²) in [6, 6.07) is 8.55. The van der Waals surface area contributed by atoms with E-state index in [9.17, 15) is 13.2 Å². The van der Waals surface area contributed by atoms with Gasteiger partial charge < -0.3 is 5.32 Å². The van der Waals surface area contributed by atoms with Crippen molar-refractivity contribution in [2.75, 3.05) is 12.3 Å². The van der Waals surface area contributed by atoms with Crippen LogP contribution in [0.1, 0.15) is 37.3 Å². The van der Waals surface area contributed by atoms with Crippen LogP contribution in [0.2, 0.25) is 0 Å². The number of hydrogen-bond donors (Lipinski definition) is 1. The number of rotatable bonds is 5. The van der Waals surface area contributed by atoms with Gasteiger partial charge in [-0.05, 0) is 43.2 Å². The highest BCUT2D eigenvalue weighted by Gasteiger charge is 2.26. The average molecular weight is 289 g/mol. The van der Waals surface area contributed by atoms with Crippen LogP contribution in [0.25, 0.3) is 0 Å². The van der Waals surface area contributed by atoms with E-state index >= 15 is 0 Å². The molecule has 0 spiro atoms. The number of benzene rings is 1. The molecule has 1 heterocycles. The number of fused-ring (bicyclic) bond motifs is 1. The van der Waals surface area contributed by atoms with Gasteiger partial charge in [-0.1, -0.05) is 18.2 Å². The first-order valence-electron chi connectivity index (χ1n) is 6.58. The van der Waals surface area contributed by atoms with Gasteiger partial charge in [-0.25, -0.2) is 0 Å². The zero-order valence-corrected chi connectivity index (χ0v) is 11.5. The summed E-state index contributed by atoms with van der Waals surface area (Å²) in [5.41, 5.74) is 1.29. The summed E-state index contributed by atoms with van der Waals surface area (Å²) in [6.07, 6.45) is -2.87. The molecular weight excluding hydrogens is 271 g/mol. The van der Waals surface area contributed by atoms with E-state index in [-0.39, 0.29) is 6.42 Å². The van der Waals surface area contributed by atoms with Gasteiger partial charge in [0.05, 0.1) is 0 Å². The number of thioether (sulfide) groups is 1. The standard InChI is InChI=1S/C14H18F3NS/c15-14(16,17)8-3-4-9-18-12-7-10-19-13-6-2-1-5-11(12)13/h1-2,5-6,12,18H,3-4,7-10H2. The third-order valence-corrected chi connectivity index (χ3v) is 4.36. The topological polar surface area (TPSA) is 12.0 Å². The lowest BCUT2D eigenvalue weighted by atomic mass is 10.0. The molecular formula is C14H18F3NS. The molecule has 1 aromatic rings. The highest BCUT2D eigenvalue weighted by Crippen LogP contribution is 2.35.